The lowest BCUT2D eigenvalue weighted by atomic mass is 9.87. The van der Waals surface area contributed by atoms with Crippen molar-refractivity contribution in [3.05, 3.63) is 101 Å². The fourth-order valence-electron chi connectivity index (χ4n) is 5.99. The Morgan fingerprint density at radius 2 is 1.85 bits per heavy atom. The molecule has 1 aliphatic rings. The van der Waals surface area contributed by atoms with Gasteiger partial charge in [0.05, 0.1) is 47.1 Å². The van der Waals surface area contributed by atoms with Crippen LogP contribution in [0.2, 0.25) is 0 Å². The zero-order valence-electron chi connectivity index (χ0n) is 25.4. The van der Waals surface area contributed by atoms with Crippen LogP contribution in [0.4, 0.5) is 8.78 Å². The Labute approximate surface area is 262 Å². The number of imidazole rings is 1. The summed E-state index contributed by atoms with van der Waals surface area (Å²) in [5, 5.41) is 17.7. The second kappa shape index (κ2) is 11.3. The molecule has 4 heterocycles. The maximum absolute atomic E-state index is 15.7. The number of hydrogen-bond acceptors (Lipinski definition) is 7. The number of carboxylic acids is 1. The number of hydrogen-bond donors (Lipinski definition) is 1. The smallest absolute Gasteiger partial charge is 0.335 e. The molecule has 10 nitrogen and oxygen atoms in total. The highest BCUT2D eigenvalue weighted by Crippen LogP contribution is 2.40. The van der Waals surface area contributed by atoms with Crippen molar-refractivity contribution in [3.8, 4) is 17.1 Å². The third kappa shape index (κ3) is 5.34. The topological polar surface area (TPSA) is 117 Å². The monoisotopic (exact) mass is 624 g/mol. The van der Waals surface area contributed by atoms with Gasteiger partial charge in [0.1, 0.15) is 29.6 Å². The van der Waals surface area contributed by atoms with Gasteiger partial charge < -0.3 is 19.1 Å². The van der Waals surface area contributed by atoms with E-state index in [2.05, 4.69) is 29.1 Å². The van der Waals surface area contributed by atoms with E-state index >= 15 is 8.78 Å². The molecular weight excluding hydrogens is 594 g/mol. The van der Waals surface area contributed by atoms with E-state index in [-0.39, 0.29) is 52.7 Å². The maximum atomic E-state index is 15.7. The third-order valence-corrected chi connectivity index (χ3v) is 8.52. The van der Waals surface area contributed by atoms with Crippen molar-refractivity contribution in [2.45, 2.75) is 32.9 Å². The summed E-state index contributed by atoms with van der Waals surface area (Å²) >= 11 is 0. The van der Waals surface area contributed by atoms with Crippen molar-refractivity contribution in [2.75, 3.05) is 13.2 Å². The van der Waals surface area contributed by atoms with Gasteiger partial charge in [-0.1, -0.05) is 31.2 Å². The number of aromatic carboxylic acids is 1. The molecule has 1 unspecified atom stereocenters. The number of ether oxygens (including phenoxy) is 2. The fourth-order valence-corrected chi connectivity index (χ4v) is 5.99. The standard InChI is InChI=1S/C34H30F2N6O4/c1-34(2)18-45-17-30(34)42-29-13-20(33(43)44)8-10-26(29)37-31(42)14-21-12-24(36)22(15-23(21)35)25-5-4-6-32(38-25)46-16-19-7-9-27-28(11-19)41(3)40-39-27/h4-13,15,30H,14,16-18H2,1-3H3,(H,43,44). The minimum Gasteiger partial charge on any atom is -0.478 e. The van der Waals surface area contributed by atoms with Gasteiger partial charge in [-0.2, -0.15) is 0 Å². The fraction of sp³-hybridized carbons (Fsp3) is 0.265. The predicted octanol–water partition coefficient (Wildman–Crippen LogP) is 6.12. The average Bonchev–Trinajstić information content (AvgIpc) is 3.70. The predicted molar refractivity (Wildman–Crippen MR) is 166 cm³/mol. The molecule has 6 aromatic rings. The van der Waals surface area contributed by atoms with E-state index in [0.717, 1.165) is 22.7 Å². The van der Waals surface area contributed by atoms with E-state index in [9.17, 15) is 9.90 Å². The SMILES string of the molecule is Cn1nnc2ccc(COc3cccc(-c4cc(F)c(Cc5nc6ccc(C(=O)O)cc6n5C5COCC5(C)C)cc4F)n3)cc21. The number of aromatic nitrogens is 6. The molecule has 0 radical (unpaired) electrons. The van der Waals surface area contributed by atoms with Crippen LogP contribution in [-0.2, 0) is 24.8 Å². The normalized spacial score (nSPS) is 16.0. The number of pyridine rings is 1. The van der Waals surface area contributed by atoms with Crippen LogP contribution in [0.15, 0.2) is 66.7 Å². The number of carboxylic acid groups (broad SMARTS) is 1. The van der Waals surface area contributed by atoms with Crippen molar-refractivity contribution in [1.29, 1.82) is 0 Å². The average molecular weight is 625 g/mol. The van der Waals surface area contributed by atoms with Crippen LogP contribution in [0, 0.1) is 17.0 Å². The lowest BCUT2D eigenvalue weighted by Crippen LogP contribution is -2.27. The zero-order valence-corrected chi connectivity index (χ0v) is 25.4. The molecule has 0 saturated carbocycles. The lowest BCUT2D eigenvalue weighted by molar-refractivity contribution is 0.0697. The van der Waals surface area contributed by atoms with Gasteiger partial charge in [-0.25, -0.2) is 28.2 Å². The Bertz CT molecular complexity index is 2140. The van der Waals surface area contributed by atoms with Gasteiger partial charge in [0.25, 0.3) is 0 Å². The molecule has 12 heteroatoms. The molecule has 46 heavy (non-hydrogen) atoms. The summed E-state index contributed by atoms with van der Waals surface area (Å²) in [6.07, 6.45) is -0.0141. The van der Waals surface area contributed by atoms with Crippen LogP contribution in [-0.4, -0.2) is 53.8 Å². The van der Waals surface area contributed by atoms with Gasteiger partial charge >= 0.3 is 5.97 Å². The number of fused-ring (bicyclic) bond motifs is 2. The zero-order chi connectivity index (χ0) is 32.2. The first-order valence-electron chi connectivity index (χ1n) is 14.8. The van der Waals surface area contributed by atoms with Crippen LogP contribution < -0.4 is 4.74 Å². The van der Waals surface area contributed by atoms with Gasteiger partial charge in [0.15, 0.2) is 0 Å². The van der Waals surface area contributed by atoms with Crippen LogP contribution in [0.5, 0.6) is 5.88 Å². The highest BCUT2D eigenvalue weighted by atomic mass is 19.1. The molecule has 3 aromatic heterocycles. The Kier molecular flexibility index (Phi) is 7.23. The van der Waals surface area contributed by atoms with E-state index in [4.69, 9.17) is 14.5 Å². The summed E-state index contributed by atoms with van der Waals surface area (Å²) in [6.45, 7) is 5.21. The van der Waals surface area contributed by atoms with Crippen LogP contribution in [0.1, 0.15) is 47.2 Å². The minimum absolute atomic E-state index is 0.000919. The summed E-state index contributed by atoms with van der Waals surface area (Å²) in [7, 11) is 1.81. The molecule has 1 atom stereocenters. The molecule has 1 N–H and O–H groups in total. The van der Waals surface area contributed by atoms with Gasteiger partial charge in [-0.15, -0.1) is 5.10 Å². The first-order chi connectivity index (χ1) is 22.1. The lowest BCUT2D eigenvalue weighted by Gasteiger charge is -2.28. The number of nitrogens with zero attached hydrogens (tertiary/aromatic N) is 6. The molecule has 0 amide bonds. The number of aryl methyl sites for hydroxylation is 1. The van der Waals surface area contributed by atoms with E-state index in [0.29, 0.717) is 30.1 Å². The largest absolute Gasteiger partial charge is 0.478 e. The van der Waals surface area contributed by atoms with E-state index in [1.807, 2.05) is 29.8 Å². The van der Waals surface area contributed by atoms with Crippen LogP contribution in [0.3, 0.4) is 0 Å². The summed E-state index contributed by atoms with van der Waals surface area (Å²) in [4.78, 5) is 20.9. The maximum Gasteiger partial charge on any atom is 0.335 e. The van der Waals surface area contributed by atoms with Crippen LogP contribution >= 0.6 is 0 Å². The van der Waals surface area contributed by atoms with Gasteiger partial charge in [-0.3, -0.25) is 0 Å². The highest BCUT2D eigenvalue weighted by molar-refractivity contribution is 5.92. The summed E-state index contributed by atoms with van der Waals surface area (Å²) < 4.78 is 46.6. The van der Waals surface area contributed by atoms with E-state index < -0.39 is 17.6 Å². The number of carbonyl (C=O) groups is 1. The van der Waals surface area contributed by atoms with Gasteiger partial charge in [0, 0.05) is 30.5 Å². The second-order valence-electron chi connectivity index (χ2n) is 12.2. The first-order valence-corrected chi connectivity index (χ1v) is 14.8. The quantitative estimate of drug-likeness (QED) is 0.215. The first kappa shape index (κ1) is 29.5. The Morgan fingerprint density at radius 3 is 2.63 bits per heavy atom. The van der Waals surface area contributed by atoms with E-state index in [1.54, 1.807) is 35.0 Å². The number of rotatable bonds is 8. The molecule has 3 aromatic carbocycles. The molecule has 1 aliphatic heterocycles. The van der Waals surface area contributed by atoms with E-state index in [1.165, 1.54) is 12.1 Å². The van der Waals surface area contributed by atoms with Crippen molar-refractivity contribution in [3.63, 3.8) is 0 Å². The van der Waals surface area contributed by atoms with Crippen LogP contribution in [0.25, 0.3) is 33.3 Å². The van der Waals surface area contributed by atoms with Crippen molar-refractivity contribution in [2.24, 2.45) is 12.5 Å². The molecule has 234 valence electrons. The number of benzene rings is 3. The van der Waals surface area contributed by atoms with Gasteiger partial charge in [-0.05, 0) is 59.7 Å². The molecule has 0 bridgehead atoms. The Morgan fingerprint density at radius 1 is 1.02 bits per heavy atom. The van der Waals surface area contributed by atoms with Gasteiger partial charge in [0.2, 0.25) is 5.88 Å². The van der Waals surface area contributed by atoms with Crippen molar-refractivity contribution < 1.29 is 28.2 Å². The summed E-state index contributed by atoms with van der Waals surface area (Å²) in [6, 6.07) is 17.4. The number of halogens is 2. The van der Waals surface area contributed by atoms with Crippen molar-refractivity contribution >= 4 is 28.0 Å². The minimum atomic E-state index is -1.06. The summed E-state index contributed by atoms with van der Waals surface area (Å²) in [5.74, 6) is -1.57. The summed E-state index contributed by atoms with van der Waals surface area (Å²) in [5.41, 5.74) is 3.84. The third-order valence-electron chi connectivity index (χ3n) is 8.52. The molecular formula is C34H30F2N6O4. The Balaban J connectivity index is 1.18. The molecule has 1 fully saturated rings. The molecule has 1 saturated heterocycles. The molecule has 7 rings (SSSR count). The Hall–Kier alpha value is -5.23. The highest BCUT2D eigenvalue weighted by Gasteiger charge is 2.39. The molecule has 0 spiro atoms. The molecule has 0 aliphatic carbocycles. The van der Waals surface area contributed by atoms with Crippen molar-refractivity contribution in [1.82, 2.24) is 29.5 Å². The second-order valence-corrected chi connectivity index (χ2v) is 12.2.